The SMILES string of the molecule is C[C@@H]1CC[C@]2(NC1)O[C@@H]1C[C@@H]3[C@H]4CC=C5C[C@@H](O[C@H]6O[C@@H](CO)[C@H](O[C@@H]7O[C@H](C)[C@H](O)[C@@H](O)[C@@H]7O)[C@@H](O)[C@@H]6O[C@@H]6O[C@H](C)[C@@H](O)[C@H](O)[C@@H]6O)CC[C@@]5(C)[C@@H]4CC[C@@]3(C)[C@@H]1[C@H]2C. The smallest absolute Gasteiger partial charge is 0.187 e. The van der Waals surface area contributed by atoms with E-state index >= 15 is 0 Å². The summed E-state index contributed by atoms with van der Waals surface area (Å²) >= 11 is 0. The Balaban J connectivity index is 0.916. The van der Waals surface area contributed by atoms with E-state index in [-0.39, 0.29) is 22.7 Å². The van der Waals surface area contributed by atoms with Crippen molar-refractivity contribution in [3.05, 3.63) is 11.6 Å². The molecular formula is C45H73NO15. The van der Waals surface area contributed by atoms with Gasteiger partial charge in [0.15, 0.2) is 18.9 Å². The summed E-state index contributed by atoms with van der Waals surface area (Å²) in [5.41, 5.74) is 1.41. The van der Waals surface area contributed by atoms with Gasteiger partial charge >= 0.3 is 0 Å². The second kappa shape index (κ2) is 16.8. The molecule has 0 aromatic heterocycles. The van der Waals surface area contributed by atoms with Gasteiger partial charge < -0.3 is 74.0 Å². The Labute approximate surface area is 359 Å². The van der Waals surface area contributed by atoms with Crippen molar-refractivity contribution >= 4 is 0 Å². The van der Waals surface area contributed by atoms with E-state index in [1.807, 2.05) is 0 Å². The van der Waals surface area contributed by atoms with Crippen LogP contribution in [0.25, 0.3) is 0 Å². The first kappa shape index (κ1) is 45.3. The summed E-state index contributed by atoms with van der Waals surface area (Å²) in [5, 5.41) is 89.8. The average Bonchev–Trinajstić information content (AvgIpc) is 3.69. The van der Waals surface area contributed by atoms with Gasteiger partial charge in [-0.25, -0.2) is 0 Å². The molecule has 16 heteroatoms. The van der Waals surface area contributed by atoms with Crippen molar-refractivity contribution in [3.63, 3.8) is 0 Å². The highest BCUT2D eigenvalue weighted by molar-refractivity contribution is 5.26. The quantitative estimate of drug-likeness (QED) is 0.161. The highest BCUT2D eigenvalue weighted by Gasteiger charge is 2.68. The van der Waals surface area contributed by atoms with Gasteiger partial charge in [0.25, 0.3) is 0 Å². The van der Waals surface area contributed by atoms with Crippen LogP contribution in [-0.4, -0.2) is 164 Å². The Kier molecular flexibility index (Phi) is 12.4. The van der Waals surface area contributed by atoms with Crippen LogP contribution in [0, 0.1) is 46.3 Å². The molecule has 8 fully saturated rings. The maximum Gasteiger partial charge on any atom is 0.187 e. The van der Waals surface area contributed by atoms with Crippen molar-refractivity contribution < 1.29 is 74.0 Å². The number of allylic oxidation sites excluding steroid dienone is 1. The van der Waals surface area contributed by atoms with Crippen LogP contribution in [0.5, 0.6) is 0 Å². The normalized spacial score (nSPS) is 58.4. The van der Waals surface area contributed by atoms with E-state index in [1.54, 1.807) is 0 Å². The zero-order chi connectivity index (χ0) is 43.5. The highest BCUT2D eigenvalue weighted by atomic mass is 16.8. The summed E-state index contributed by atoms with van der Waals surface area (Å²) in [4.78, 5) is 0. The molecule has 0 unspecified atom stereocenters. The first-order valence-electron chi connectivity index (χ1n) is 23.3. The van der Waals surface area contributed by atoms with E-state index in [0.29, 0.717) is 54.5 Å². The lowest BCUT2D eigenvalue weighted by atomic mass is 9.47. The van der Waals surface area contributed by atoms with Crippen molar-refractivity contribution in [1.82, 2.24) is 5.32 Å². The number of nitrogens with one attached hydrogen (secondary N) is 1. The molecular weight excluding hydrogens is 794 g/mol. The molecule has 4 aliphatic carbocycles. The Morgan fingerprint density at radius 1 is 0.705 bits per heavy atom. The molecule has 0 radical (unpaired) electrons. The van der Waals surface area contributed by atoms with E-state index in [9.17, 15) is 40.9 Å². The Hall–Kier alpha value is -0.900. The fraction of sp³-hybridized carbons (Fsp3) is 0.956. The number of hydrogen-bond acceptors (Lipinski definition) is 16. The van der Waals surface area contributed by atoms with Crippen LogP contribution in [0.2, 0.25) is 0 Å². The molecule has 1 spiro atoms. The van der Waals surface area contributed by atoms with Crippen LogP contribution in [0.15, 0.2) is 11.6 Å². The molecule has 61 heavy (non-hydrogen) atoms. The average molecular weight is 868 g/mol. The van der Waals surface area contributed by atoms with Gasteiger partial charge in [0.2, 0.25) is 0 Å². The topological polar surface area (TPSA) is 238 Å². The van der Waals surface area contributed by atoms with Crippen LogP contribution in [0.3, 0.4) is 0 Å². The molecule has 0 bridgehead atoms. The van der Waals surface area contributed by atoms with Crippen LogP contribution in [0.4, 0.5) is 0 Å². The number of fused-ring (bicyclic) bond motifs is 7. The van der Waals surface area contributed by atoms with Crippen molar-refractivity contribution in [2.45, 2.75) is 209 Å². The van der Waals surface area contributed by atoms with Gasteiger partial charge in [0.1, 0.15) is 66.8 Å². The lowest BCUT2D eigenvalue weighted by molar-refractivity contribution is -0.388. The molecule has 5 saturated heterocycles. The first-order valence-corrected chi connectivity index (χ1v) is 23.3. The molecule has 9 rings (SSSR count). The third kappa shape index (κ3) is 7.42. The predicted molar refractivity (Wildman–Crippen MR) is 215 cm³/mol. The van der Waals surface area contributed by atoms with E-state index in [4.69, 9.17) is 33.2 Å². The number of rotatable bonds is 7. The maximum atomic E-state index is 12.0. The predicted octanol–water partition coefficient (Wildman–Crippen LogP) is 0.815. The van der Waals surface area contributed by atoms with Gasteiger partial charge in [0.05, 0.1) is 31.0 Å². The molecule has 5 heterocycles. The zero-order valence-corrected chi connectivity index (χ0v) is 36.6. The lowest BCUT2D eigenvalue weighted by Crippen LogP contribution is -2.66. The number of hydrogen-bond donors (Lipinski definition) is 9. The Bertz CT molecular complexity index is 1600. The van der Waals surface area contributed by atoms with Gasteiger partial charge in [-0.2, -0.15) is 0 Å². The van der Waals surface area contributed by atoms with Crippen LogP contribution in [0.1, 0.15) is 99.3 Å². The minimum Gasteiger partial charge on any atom is -0.394 e. The monoisotopic (exact) mass is 867 g/mol. The number of aliphatic hydroxyl groups is 8. The van der Waals surface area contributed by atoms with Gasteiger partial charge in [-0.15, -0.1) is 0 Å². The summed E-state index contributed by atoms with van der Waals surface area (Å²) in [6, 6.07) is 0. The lowest BCUT2D eigenvalue weighted by Gasteiger charge is -2.59. The standard InChI is InChI=1S/C45H73NO15/c1-19-9-14-45(46-17-19)20(2)30-28(61-45)16-27-25-8-7-23-15-24(10-12-43(23,5)26(25)11-13-44(27,30)6)57-42-39(60-41-36(53)34(51)32(49)22(4)56-41)37(54)38(29(18-47)58-42)59-40-35(52)33(50)31(48)21(3)55-40/h7,19-22,24-42,46-54H,8-18H2,1-6H3/t19-,20-,21-,22-,24+,25+,26-,27-,28-,29+,30-,31+,32-,33-,34+,35+,36+,37-,38+,39+,40+,41+,42+,43-,44-,45+/m1/s1. The van der Waals surface area contributed by atoms with E-state index in [0.717, 1.165) is 32.2 Å². The van der Waals surface area contributed by atoms with Gasteiger partial charge in [0, 0.05) is 12.5 Å². The summed E-state index contributed by atoms with van der Waals surface area (Å²) in [7, 11) is 0. The third-order valence-electron chi connectivity index (χ3n) is 17.9. The molecule has 9 N–H and O–H groups in total. The highest BCUT2D eigenvalue weighted by Crippen LogP contribution is 2.70. The summed E-state index contributed by atoms with van der Waals surface area (Å²) in [5.74, 6) is 3.43. The largest absolute Gasteiger partial charge is 0.394 e. The van der Waals surface area contributed by atoms with Gasteiger partial charge in [-0.1, -0.05) is 39.3 Å². The number of aliphatic hydroxyl groups excluding tert-OH is 8. The van der Waals surface area contributed by atoms with E-state index < -0.39 is 98.7 Å². The summed E-state index contributed by atoms with van der Waals surface area (Å²) in [6.45, 7) is 13.2. The molecule has 0 amide bonds. The van der Waals surface area contributed by atoms with Crippen molar-refractivity contribution in [3.8, 4) is 0 Å². The van der Waals surface area contributed by atoms with Crippen molar-refractivity contribution in [2.75, 3.05) is 13.2 Å². The Morgan fingerprint density at radius 3 is 1.98 bits per heavy atom. The molecule has 0 aromatic rings. The number of piperidine rings is 1. The molecule has 9 aliphatic rings. The second-order valence-corrected chi connectivity index (χ2v) is 21.2. The fourth-order valence-corrected chi connectivity index (χ4v) is 14.2. The van der Waals surface area contributed by atoms with Crippen molar-refractivity contribution in [1.29, 1.82) is 0 Å². The Morgan fingerprint density at radius 2 is 1.36 bits per heavy atom. The molecule has 0 aromatic carbocycles. The second-order valence-electron chi connectivity index (χ2n) is 21.2. The minimum atomic E-state index is -1.70. The van der Waals surface area contributed by atoms with Crippen molar-refractivity contribution in [2.24, 2.45) is 46.3 Å². The van der Waals surface area contributed by atoms with E-state index in [1.165, 1.54) is 38.7 Å². The molecule has 16 nitrogen and oxygen atoms in total. The fourth-order valence-electron chi connectivity index (χ4n) is 14.2. The van der Waals surface area contributed by atoms with Crippen LogP contribution in [-0.2, 0) is 33.2 Å². The van der Waals surface area contributed by atoms with Crippen LogP contribution >= 0.6 is 0 Å². The minimum absolute atomic E-state index is 0.00472. The zero-order valence-electron chi connectivity index (χ0n) is 36.6. The first-order chi connectivity index (χ1) is 28.9. The van der Waals surface area contributed by atoms with Crippen LogP contribution < -0.4 is 5.32 Å². The molecule has 3 saturated carbocycles. The van der Waals surface area contributed by atoms with E-state index in [2.05, 4.69) is 39.1 Å². The maximum absolute atomic E-state index is 12.0. The third-order valence-corrected chi connectivity index (χ3v) is 17.9. The molecule has 26 atom stereocenters. The van der Waals surface area contributed by atoms with Gasteiger partial charge in [-0.3, -0.25) is 5.32 Å². The summed E-state index contributed by atoms with van der Waals surface area (Å²) < 4.78 is 43.7. The van der Waals surface area contributed by atoms with Gasteiger partial charge in [-0.05, 0) is 112 Å². The number of ether oxygens (including phenoxy) is 7. The summed E-state index contributed by atoms with van der Waals surface area (Å²) in [6.07, 6.45) is -9.93. The molecule has 5 aliphatic heterocycles. The molecule has 348 valence electrons.